The van der Waals surface area contributed by atoms with Crippen LogP contribution in [-0.4, -0.2) is 45.0 Å². The number of carboxylic acids is 1. The van der Waals surface area contributed by atoms with Crippen molar-refractivity contribution in [2.75, 3.05) is 28.1 Å². The zero-order chi connectivity index (χ0) is 34.1. The van der Waals surface area contributed by atoms with Gasteiger partial charge in [0, 0.05) is 30.5 Å². The number of carbonyl (C=O) groups excluding carboxylic acids is 2. The molecule has 0 fully saturated rings. The number of hydrogen-bond donors (Lipinski definition) is 3. The fraction of sp³-hybridized carbons (Fsp3) is 0.216. The van der Waals surface area contributed by atoms with Crippen LogP contribution < -0.4 is 19.8 Å². The van der Waals surface area contributed by atoms with E-state index < -0.39 is 27.9 Å². The number of allylic oxidation sites excluding steroid dienone is 2. The van der Waals surface area contributed by atoms with Crippen LogP contribution in [0.1, 0.15) is 53.6 Å². The fourth-order valence-corrected chi connectivity index (χ4v) is 6.67. The summed E-state index contributed by atoms with van der Waals surface area (Å²) in [5.41, 5.74) is 4.96. The Kier molecular flexibility index (Phi) is 10.9. The molecule has 1 aliphatic carbocycles. The van der Waals surface area contributed by atoms with Crippen molar-refractivity contribution in [1.82, 2.24) is 5.32 Å². The number of urea groups is 1. The predicted molar refractivity (Wildman–Crippen MR) is 188 cm³/mol. The molecule has 0 spiro atoms. The second-order valence-electron chi connectivity index (χ2n) is 11.5. The van der Waals surface area contributed by atoms with Crippen molar-refractivity contribution >= 4 is 50.6 Å². The molecule has 10 nitrogen and oxygen atoms in total. The maximum atomic E-state index is 13.9. The molecule has 0 heterocycles. The molecule has 4 aromatic carbocycles. The van der Waals surface area contributed by atoms with Gasteiger partial charge in [0.05, 0.1) is 23.5 Å². The van der Waals surface area contributed by atoms with E-state index in [9.17, 15) is 22.8 Å². The van der Waals surface area contributed by atoms with Gasteiger partial charge in [0.2, 0.25) is 0 Å². The highest BCUT2D eigenvalue weighted by molar-refractivity contribution is 7.92. The van der Waals surface area contributed by atoms with Crippen molar-refractivity contribution in [2.45, 2.75) is 43.5 Å². The number of sulfonamides is 1. The van der Waals surface area contributed by atoms with E-state index in [0.29, 0.717) is 22.6 Å². The normalized spacial score (nSPS) is 12.8. The number of carboxylic acid groups (broad SMARTS) is 1. The lowest BCUT2D eigenvalue weighted by Gasteiger charge is -2.25. The van der Waals surface area contributed by atoms with Crippen LogP contribution in [0, 0.1) is 0 Å². The Hall–Kier alpha value is -5.42. The summed E-state index contributed by atoms with van der Waals surface area (Å²) in [5, 5.41) is 14.3. The quantitative estimate of drug-likeness (QED) is 0.150. The van der Waals surface area contributed by atoms with Gasteiger partial charge in [-0.2, -0.15) is 0 Å². The molecule has 0 bridgehead atoms. The van der Waals surface area contributed by atoms with Gasteiger partial charge in [-0.25, -0.2) is 13.2 Å². The minimum Gasteiger partial charge on any atom is -0.481 e. The monoisotopic (exact) mass is 666 g/mol. The average Bonchev–Trinajstić information content (AvgIpc) is 3.11. The summed E-state index contributed by atoms with van der Waals surface area (Å²) in [6.45, 7) is 0.172. The molecule has 3 amide bonds. The third kappa shape index (κ3) is 8.48. The number of amides is 3. The second-order valence-corrected chi connectivity index (χ2v) is 13.4. The molecule has 248 valence electrons. The van der Waals surface area contributed by atoms with Crippen molar-refractivity contribution in [3.63, 3.8) is 0 Å². The first-order chi connectivity index (χ1) is 23.1. The summed E-state index contributed by atoms with van der Waals surface area (Å²) >= 11 is 0. The number of carbonyl (C=O) groups is 3. The van der Waals surface area contributed by atoms with E-state index in [2.05, 4.69) is 16.7 Å². The fourth-order valence-electron chi connectivity index (χ4n) is 5.43. The van der Waals surface area contributed by atoms with Crippen LogP contribution in [0.25, 0.3) is 5.57 Å². The first kappa shape index (κ1) is 33.9. The van der Waals surface area contributed by atoms with Crippen LogP contribution in [0.15, 0.2) is 114 Å². The smallest absolute Gasteiger partial charge is 0.326 e. The highest BCUT2D eigenvalue weighted by Crippen LogP contribution is 2.29. The molecule has 48 heavy (non-hydrogen) atoms. The maximum Gasteiger partial charge on any atom is 0.326 e. The summed E-state index contributed by atoms with van der Waals surface area (Å²) in [5.74, 6) is -1.39. The number of nitrogens with one attached hydrogen (secondary N) is 2. The lowest BCUT2D eigenvalue weighted by Crippen LogP contribution is -2.34. The van der Waals surface area contributed by atoms with Crippen LogP contribution in [0.4, 0.5) is 21.9 Å². The second kappa shape index (κ2) is 15.4. The molecule has 1 aliphatic rings. The van der Waals surface area contributed by atoms with Gasteiger partial charge in [-0.3, -0.25) is 18.8 Å². The van der Waals surface area contributed by atoms with Gasteiger partial charge < -0.3 is 15.7 Å². The van der Waals surface area contributed by atoms with Crippen LogP contribution in [-0.2, 0) is 21.4 Å². The summed E-state index contributed by atoms with van der Waals surface area (Å²) < 4.78 is 28.1. The summed E-state index contributed by atoms with van der Waals surface area (Å²) in [6, 6.07) is 28.9. The number of aliphatic carboxylic acids is 1. The van der Waals surface area contributed by atoms with Gasteiger partial charge in [0.25, 0.3) is 15.9 Å². The van der Waals surface area contributed by atoms with Crippen molar-refractivity contribution in [2.24, 2.45) is 0 Å². The van der Waals surface area contributed by atoms with Crippen molar-refractivity contribution in [1.29, 1.82) is 0 Å². The number of anilines is 3. The Bertz CT molecular complexity index is 1890. The number of nitrogens with zero attached hydrogens (tertiary/aromatic N) is 2. The highest BCUT2D eigenvalue weighted by atomic mass is 32.2. The molecular formula is C37H38N4O6S. The first-order valence-electron chi connectivity index (χ1n) is 15.7. The van der Waals surface area contributed by atoms with Crippen molar-refractivity contribution in [3.05, 3.63) is 126 Å². The third-order valence-electron chi connectivity index (χ3n) is 8.13. The Labute approximate surface area is 280 Å². The molecular weight excluding hydrogens is 628 g/mol. The molecule has 0 unspecified atom stereocenters. The predicted octanol–water partition coefficient (Wildman–Crippen LogP) is 6.91. The molecule has 0 aliphatic heterocycles. The summed E-state index contributed by atoms with van der Waals surface area (Å²) in [7, 11) is -2.43. The molecule has 11 heteroatoms. The lowest BCUT2D eigenvalue weighted by atomic mass is 9.93. The Balaban J connectivity index is 1.38. The standard InChI is InChI=1S/C37H38N4O6S/c1-40(32-12-6-3-7-13-32)48(46,47)34-14-8-11-31(25-34)39-37(45)41(33-21-19-29(20-22-33)28-9-4-2-5-10-28)26-27-15-17-30(18-16-27)36(44)38-24-23-35(42)43/h3,6-9,11-22,25H,2,4-5,10,23-24,26H2,1H3,(H,38,44)(H,39,45)(H,42,43). The van der Waals surface area contributed by atoms with Crippen molar-refractivity contribution < 1.29 is 27.9 Å². The molecule has 3 N–H and O–H groups in total. The first-order valence-corrected chi connectivity index (χ1v) is 17.2. The van der Waals surface area contributed by atoms with Crippen LogP contribution in [0.2, 0.25) is 0 Å². The lowest BCUT2D eigenvalue weighted by molar-refractivity contribution is -0.136. The van der Waals surface area contributed by atoms with Gasteiger partial charge in [0.1, 0.15) is 0 Å². The third-order valence-corrected chi connectivity index (χ3v) is 9.91. The average molecular weight is 667 g/mol. The number of hydrogen-bond acceptors (Lipinski definition) is 5. The van der Waals surface area contributed by atoms with E-state index in [1.165, 1.54) is 35.5 Å². The molecule has 0 saturated heterocycles. The van der Waals surface area contributed by atoms with Crippen LogP contribution >= 0.6 is 0 Å². The van der Waals surface area contributed by atoms with E-state index in [0.717, 1.165) is 30.4 Å². The van der Waals surface area contributed by atoms with Gasteiger partial charge >= 0.3 is 12.0 Å². The van der Waals surface area contributed by atoms with E-state index in [4.69, 9.17) is 5.11 Å². The maximum absolute atomic E-state index is 13.9. The summed E-state index contributed by atoms with van der Waals surface area (Å²) in [4.78, 5) is 38.7. The molecule has 0 atom stereocenters. The molecule has 0 saturated carbocycles. The highest BCUT2D eigenvalue weighted by Gasteiger charge is 2.23. The van der Waals surface area contributed by atoms with Crippen LogP contribution in [0.3, 0.4) is 0 Å². The van der Waals surface area contributed by atoms with Gasteiger partial charge in [-0.15, -0.1) is 0 Å². The summed E-state index contributed by atoms with van der Waals surface area (Å²) in [6.07, 6.45) is 6.48. The largest absolute Gasteiger partial charge is 0.481 e. The van der Waals surface area contributed by atoms with E-state index in [-0.39, 0.29) is 24.4 Å². The molecule has 5 rings (SSSR count). The molecule has 4 aromatic rings. The van der Waals surface area contributed by atoms with Gasteiger partial charge in [-0.05, 0) is 97.0 Å². The van der Waals surface area contributed by atoms with Gasteiger partial charge in [-0.1, -0.05) is 54.6 Å². The topological polar surface area (TPSA) is 136 Å². The molecule has 0 aromatic heterocycles. The number of benzene rings is 4. The van der Waals surface area contributed by atoms with E-state index in [1.807, 2.05) is 30.3 Å². The van der Waals surface area contributed by atoms with E-state index in [1.54, 1.807) is 65.6 Å². The Morgan fingerprint density at radius 2 is 1.56 bits per heavy atom. The Morgan fingerprint density at radius 3 is 2.23 bits per heavy atom. The molecule has 0 radical (unpaired) electrons. The Morgan fingerprint density at radius 1 is 0.833 bits per heavy atom. The minimum atomic E-state index is -3.91. The SMILES string of the molecule is CN(c1ccccc1)S(=O)(=O)c1cccc(NC(=O)N(Cc2ccc(C(=O)NCCC(=O)O)cc2)c2ccc(C3=CCCCC3)cc2)c1. The number of rotatable bonds is 12. The van der Waals surface area contributed by atoms with Gasteiger partial charge in [0.15, 0.2) is 0 Å². The minimum absolute atomic E-state index is 0.0157. The zero-order valence-electron chi connectivity index (χ0n) is 26.6. The van der Waals surface area contributed by atoms with E-state index >= 15 is 0 Å². The van der Waals surface area contributed by atoms with Crippen LogP contribution in [0.5, 0.6) is 0 Å². The van der Waals surface area contributed by atoms with Crippen molar-refractivity contribution in [3.8, 4) is 0 Å². The number of para-hydroxylation sites is 1. The zero-order valence-corrected chi connectivity index (χ0v) is 27.4.